The van der Waals surface area contributed by atoms with Crippen LogP contribution in [0, 0.1) is 0 Å². The van der Waals surface area contributed by atoms with Gasteiger partial charge in [-0.3, -0.25) is 0 Å². The van der Waals surface area contributed by atoms with Crippen molar-refractivity contribution in [3.05, 3.63) is 12.7 Å². The van der Waals surface area contributed by atoms with Crippen molar-refractivity contribution in [2.45, 2.75) is 0 Å². The average molecular weight is 100 g/mol. The van der Waals surface area contributed by atoms with Crippen molar-refractivity contribution >= 4 is 0 Å². The Morgan fingerprint density at radius 1 is 1.71 bits per heavy atom. The van der Waals surface area contributed by atoms with Crippen molar-refractivity contribution in [2.24, 2.45) is 0 Å². The minimum atomic E-state index is -0.0478. The second-order valence-corrected chi connectivity index (χ2v) is 1.20. The van der Waals surface area contributed by atoms with E-state index in [4.69, 9.17) is 0 Å². The lowest BCUT2D eigenvalue weighted by Crippen LogP contribution is -2.16. The molecule has 0 aromatic carbocycles. The van der Waals surface area contributed by atoms with E-state index in [0.717, 1.165) is 6.54 Å². The van der Waals surface area contributed by atoms with Gasteiger partial charge in [0, 0.05) is 13.1 Å². The fourth-order valence-corrected chi connectivity index (χ4v) is 0.276. The summed E-state index contributed by atoms with van der Waals surface area (Å²) in [4.78, 5) is 0. The van der Waals surface area contributed by atoms with Crippen LogP contribution in [-0.4, -0.2) is 19.7 Å². The van der Waals surface area contributed by atoms with E-state index in [-0.39, 0.29) is 6.61 Å². The van der Waals surface area contributed by atoms with Crippen molar-refractivity contribution in [1.82, 2.24) is 5.32 Å². The minimum Gasteiger partial charge on any atom is -0.311 e. The maximum Gasteiger partial charge on any atom is 0.0946 e. The Kier molecular flexibility index (Phi) is 5.39. The largest absolute Gasteiger partial charge is 0.311 e. The van der Waals surface area contributed by atoms with Gasteiger partial charge in [0.25, 0.3) is 0 Å². The van der Waals surface area contributed by atoms with E-state index in [1.54, 1.807) is 6.08 Å². The fraction of sp³-hybridized carbons (Fsp3) is 0.600. The molecule has 2 nitrogen and oxygen atoms in total. The first kappa shape index (κ1) is 6.66. The molecular weight excluding hydrogens is 90.1 g/mol. The molecule has 0 saturated carbocycles. The monoisotopic (exact) mass is 100 g/mol. The van der Waals surface area contributed by atoms with Gasteiger partial charge in [-0.05, 0) is 0 Å². The summed E-state index contributed by atoms with van der Waals surface area (Å²) < 4.78 is 0. The third-order valence-corrected chi connectivity index (χ3v) is 0.568. The lowest BCUT2D eigenvalue weighted by atomic mass is 10.6. The summed E-state index contributed by atoms with van der Waals surface area (Å²) in [6.45, 7) is 4.71. The van der Waals surface area contributed by atoms with Crippen molar-refractivity contribution < 1.29 is 5.11 Å². The first-order valence-corrected chi connectivity index (χ1v) is 2.31. The summed E-state index contributed by atoms with van der Waals surface area (Å²) in [5.41, 5.74) is 0. The molecule has 0 rings (SSSR count). The van der Waals surface area contributed by atoms with Gasteiger partial charge in [0.05, 0.1) is 6.61 Å². The van der Waals surface area contributed by atoms with Gasteiger partial charge in [0.15, 0.2) is 0 Å². The van der Waals surface area contributed by atoms with Gasteiger partial charge in [-0.2, -0.15) is 0 Å². The van der Waals surface area contributed by atoms with Crippen LogP contribution in [0.5, 0.6) is 0 Å². The zero-order valence-electron chi connectivity index (χ0n) is 4.31. The van der Waals surface area contributed by atoms with Crippen LogP contribution in [0.25, 0.3) is 0 Å². The van der Waals surface area contributed by atoms with Crippen LogP contribution in [0.2, 0.25) is 0 Å². The zero-order valence-corrected chi connectivity index (χ0v) is 4.31. The molecule has 0 fully saturated rings. The van der Waals surface area contributed by atoms with Crippen LogP contribution in [0.4, 0.5) is 0 Å². The van der Waals surface area contributed by atoms with Crippen LogP contribution < -0.4 is 5.32 Å². The number of rotatable bonds is 4. The van der Waals surface area contributed by atoms with Crippen LogP contribution in [0.3, 0.4) is 0 Å². The topological polar surface area (TPSA) is 31.9 Å². The molecule has 0 unspecified atom stereocenters. The van der Waals surface area contributed by atoms with Gasteiger partial charge in [-0.1, -0.05) is 6.08 Å². The molecule has 7 heavy (non-hydrogen) atoms. The summed E-state index contributed by atoms with van der Waals surface area (Å²) in [7, 11) is 0. The summed E-state index contributed by atoms with van der Waals surface area (Å²) in [6, 6.07) is 0. The van der Waals surface area contributed by atoms with Gasteiger partial charge < -0.3 is 5.32 Å². The molecule has 0 atom stereocenters. The predicted molar refractivity (Wildman–Crippen MR) is 28.6 cm³/mol. The molecular formula is C5H10NO. The van der Waals surface area contributed by atoms with Crippen LogP contribution in [-0.2, 0) is 5.11 Å². The Bertz CT molecular complexity index is 45.3. The Morgan fingerprint density at radius 3 is 2.86 bits per heavy atom. The number of hydrogen-bond acceptors (Lipinski definition) is 1. The first-order chi connectivity index (χ1) is 3.41. The van der Waals surface area contributed by atoms with E-state index in [1.807, 2.05) is 0 Å². The molecule has 0 bridgehead atoms. The highest BCUT2D eigenvalue weighted by Gasteiger charge is 1.76. The molecule has 0 aromatic rings. The number of nitrogens with one attached hydrogen (secondary N) is 1. The Morgan fingerprint density at radius 2 is 2.43 bits per heavy atom. The van der Waals surface area contributed by atoms with Crippen LogP contribution in [0.15, 0.2) is 12.7 Å². The second kappa shape index (κ2) is 5.66. The summed E-state index contributed by atoms with van der Waals surface area (Å²) >= 11 is 0. The minimum absolute atomic E-state index is 0.0478. The van der Waals surface area contributed by atoms with E-state index in [9.17, 15) is 5.11 Å². The third-order valence-electron chi connectivity index (χ3n) is 0.568. The zero-order chi connectivity index (χ0) is 5.54. The van der Waals surface area contributed by atoms with Crippen molar-refractivity contribution in [3.8, 4) is 0 Å². The molecule has 0 aliphatic rings. The highest BCUT2D eigenvalue weighted by atomic mass is 16.3. The lowest BCUT2D eigenvalue weighted by Gasteiger charge is -1.91. The Hall–Kier alpha value is -0.340. The maximum atomic E-state index is 9.71. The molecule has 0 spiro atoms. The van der Waals surface area contributed by atoms with Crippen LogP contribution in [0.1, 0.15) is 0 Å². The van der Waals surface area contributed by atoms with E-state index in [2.05, 4.69) is 11.9 Å². The molecule has 41 valence electrons. The quantitative estimate of drug-likeness (QED) is 0.397. The van der Waals surface area contributed by atoms with Gasteiger partial charge in [0.2, 0.25) is 0 Å². The first-order valence-electron chi connectivity index (χ1n) is 2.31. The molecule has 0 aliphatic heterocycles. The van der Waals surface area contributed by atoms with E-state index in [1.165, 1.54) is 0 Å². The van der Waals surface area contributed by atoms with Gasteiger partial charge in [0.1, 0.15) is 0 Å². The van der Waals surface area contributed by atoms with E-state index in [0.29, 0.717) is 6.54 Å². The van der Waals surface area contributed by atoms with Crippen molar-refractivity contribution in [1.29, 1.82) is 0 Å². The third kappa shape index (κ3) is 5.66. The van der Waals surface area contributed by atoms with E-state index >= 15 is 0 Å². The van der Waals surface area contributed by atoms with Gasteiger partial charge >= 0.3 is 0 Å². The van der Waals surface area contributed by atoms with Gasteiger partial charge in [-0.25, -0.2) is 5.11 Å². The smallest absolute Gasteiger partial charge is 0.0946 e. The summed E-state index contributed by atoms with van der Waals surface area (Å²) in [5.74, 6) is 0. The fourth-order valence-electron chi connectivity index (χ4n) is 0.276. The summed E-state index contributed by atoms with van der Waals surface area (Å²) in [5, 5.41) is 12.6. The normalized spacial score (nSPS) is 8.71. The summed E-state index contributed by atoms with van der Waals surface area (Å²) in [6.07, 6.45) is 1.73. The molecule has 0 heterocycles. The molecule has 1 radical (unpaired) electrons. The Balaban J connectivity index is 2.56. The SMILES string of the molecule is C=CCNCC[O]. The second-order valence-electron chi connectivity index (χ2n) is 1.20. The highest BCUT2D eigenvalue weighted by molar-refractivity contribution is 4.68. The van der Waals surface area contributed by atoms with Crippen molar-refractivity contribution in [2.75, 3.05) is 19.7 Å². The van der Waals surface area contributed by atoms with Crippen molar-refractivity contribution in [3.63, 3.8) is 0 Å². The number of hydrogen-bond donors (Lipinski definition) is 1. The molecule has 0 amide bonds. The lowest BCUT2D eigenvalue weighted by molar-refractivity contribution is 0.195. The standard InChI is InChI=1S/C5H10NO/c1-2-3-6-4-5-7/h2,6H,1,3-5H2. The molecule has 0 saturated heterocycles. The highest BCUT2D eigenvalue weighted by Crippen LogP contribution is 1.57. The average Bonchev–Trinajstić information content (AvgIpc) is 1.69. The predicted octanol–water partition coefficient (Wildman–Crippen LogP) is 0.192. The van der Waals surface area contributed by atoms with E-state index < -0.39 is 0 Å². The van der Waals surface area contributed by atoms with Gasteiger partial charge in [-0.15, -0.1) is 6.58 Å². The molecule has 0 aromatic heterocycles. The molecule has 1 N–H and O–H groups in total. The molecule has 2 heteroatoms. The van der Waals surface area contributed by atoms with Crippen LogP contribution >= 0.6 is 0 Å². The molecule has 0 aliphatic carbocycles. The maximum absolute atomic E-state index is 9.71. The Labute approximate surface area is 43.9 Å².